The van der Waals surface area contributed by atoms with Gasteiger partial charge in [-0.25, -0.2) is 0 Å². The third-order valence-corrected chi connectivity index (χ3v) is 4.14. The minimum absolute atomic E-state index is 0.0645. The summed E-state index contributed by atoms with van der Waals surface area (Å²) in [4.78, 5) is 16.4. The van der Waals surface area contributed by atoms with Crippen molar-refractivity contribution in [1.82, 2.24) is 20.1 Å². The number of aromatic nitrogens is 3. The van der Waals surface area contributed by atoms with Gasteiger partial charge in [0.1, 0.15) is 5.75 Å². The van der Waals surface area contributed by atoms with E-state index in [1.807, 2.05) is 20.0 Å². The zero-order valence-electron chi connectivity index (χ0n) is 15.9. The summed E-state index contributed by atoms with van der Waals surface area (Å²) in [5.74, 6) is 0.0695. The van der Waals surface area contributed by atoms with Crippen molar-refractivity contribution in [3.05, 3.63) is 53.5 Å². The molecule has 2 heterocycles. The van der Waals surface area contributed by atoms with E-state index in [9.17, 15) is 13.6 Å². The van der Waals surface area contributed by atoms with Gasteiger partial charge in [0.25, 0.3) is 0 Å². The molecular weight excluding hydrogens is 366 g/mol. The first kappa shape index (κ1) is 19.7. The van der Waals surface area contributed by atoms with Gasteiger partial charge in [0.2, 0.25) is 5.91 Å². The zero-order chi connectivity index (χ0) is 20.3. The van der Waals surface area contributed by atoms with Crippen LogP contribution in [0.3, 0.4) is 0 Å². The average molecular weight is 388 g/mol. The van der Waals surface area contributed by atoms with Gasteiger partial charge in [0.05, 0.1) is 24.2 Å². The summed E-state index contributed by atoms with van der Waals surface area (Å²) in [6, 6.07) is 6.91. The van der Waals surface area contributed by atoms with Gasteiger partial charge >= 0.3 is 6.61 Å². The molecule has 6 nitrogen and oxygen atoms in total. The van der Waals surface area contributed by atoms with E-state index in [0.717, 1.165) is 16.5 Å². The van der Waals surface area contributed by atoms with E-state index < -0.39 is 6.61 Å². The highest BCUT2D eigenvalue weighted by Gasteiger charge is 2.13. The molecule has 0 saturated carbocycles. The quantitative estimate of drug-likeness (QED) is 0.673. The van der Waals surface area contributed by atoms with Crippen molar-refractivity contribution in [2.75, 3.05) is 0 Å². The number of amides is 1. The van der Waals surface area contributed by atoms with Crippen LogP contribution in [0, 0.1) is 6.92 Å². The summed E-state index contributed by atoms with van der Waals surface area (Å²) >= 11 is 0. The standard InChI is InChI=1S/C20H22F2N4O2/c1-12(2)24-19(27)9-17-15-11-26(25-16(15)6-7-23-17)10-14-4-5-18(13(3)8-14)28-20(21)22/h4-8,11-12,20H,9-10H2,1-3H3,(H,24,27). The van der Waals surface area contributed by atoms with E-state index in [-0.39, 0.29) is 24.1 Å². The predicted octanol–water partition coefficient (Wildman–Crippen LogP) is 3.46. The maximum absolute atomic E-state index is 12.4. The molecule has 0 radical (unpaired) electrons. The van der Waals surface area contributed by atoms with Crippen LogP contribution in [-0.2, 0) is 17.8 Å². The fraction of sp³-hybridized carbons (Fsp3) is 0.350. The number of rotatable bonds is 7. The van der Waals surface area contributed by atoms with Gasteiger partial charge in [-0.05, 0) is 44.0 Å². The molecule has 0 unspecified atom stereocenters. The maximum atomic E-state index is 12.4. The van der Waals surface area contributed by atoms with Crippen molar-refractivity contribution in [1.29, 1.82) is 0 Å². The lowest BCUT2D eigenvalue weighted by Crippen LogP contribution is -2.31. The highest BCUT2D eigenvalue weighted by atomic mass is 19.3. The first-order valence-electron chi connectivity index (χ1n) is 8.96. The van der Waals surface area contributed by atoms with Gasteiger partial charge in [-0.2, -0.15) is 13.9 Å². The fourth-order valence-corrected chi connectivity index (χ4v) is 3.02. The van der Waals surface area contributed by atoms with Gasteiger partial charge in [-0.15, -0.1) is 0 Å². The second kappa shape index (κ2) is 8.33. The third kappa shape index (κ3) is 4.82. The third-order valence-electron chi connectivity index (χ3n) is 4.14. The number of benzene rings is 1. The molecule has 8 heteroatoms. The second-order valence-corrected chi connectivity index (χ2v) is 6.89. The monoisotopic (exact) mass is 388 g/mol. The number of aryl methyl sites for hydroxylation is 1. The summed E-state index contributed by atoms with van der Waals surface area (Å²) in [5.41, 5.74) is 2.94. The first-order valence-corrected chi connectivity index (χ1v) is 8.96. The summed E-state index contributed by atoms with van der Waals surface area (Å²) in [6.45, 7) is 3.14. The van der Waals surface area contributed by atoms with E-state index in [4.69, 9.17) is 0 Å². The molecule has 1 aromatic carbocycles. The molecule has 3 rings (SSSR count). The number of alkyl halides is 2. The highest BCUT2D eigenvalue weighted by Crippen LogP contribution is 2.22. The van der Waals surface area contributed by atoms with E-state index in [1.54, 1.807) is 36.0 Å². The molecule has 0 bridgehead atoms. The molecule has 3 aromatic rings. The lowest BCUT2D eigenvalue weighted by atomic mass is 10.1. The molecule has 28 heavy (non-hydrogen) atoms. The summed E-state index contributed by atoms with van der Waals surface area (Å²) in [7, 11) is 0. The lowest BCUT2D eigenvalue weighted by molar-refractivity contribution is -0.120. The van der Waals surface area contributed by atoms with Gasteiger partial charge in [0.15, 0.2) is 0 Å². The fourth-order valence-electron chi connectivity index (χ4n) is 3.02. The van der Waals surface area contributed by atoms with E-state index in [2.05, 4.69) is 20.1 Å². The number of hydrogen-bond donors (Lipinski definition) is 1. The van der Waals surface area contributed by atoms with Crippen LogP contribution in [0.4, 0.5) is 8.78 Å². The molecule has 148 valence electrons. The Labute approximate surface area is 161 Å². The Morgan fingerprint density at radius 3 is 2.75 bits per heavy atom. The Balaban J connectivity index is 1.80. The molecule has 0 aliphatic heterocycles. The molecule has 0 aliphatic rings. The largest absolute Gasteiger partial charge is 0.435 e. The highest BCUT2D eigenvalue weighted by molar-refractivity contribution is 5.86. The van der Waals surface area contributed by atoms with Crippen LogP contribution in [0.5, 0.6) is 5.75 Å². The van der Waals surface area contributed by atoms with Crippen molar-refractivity contribution >= 4 is 16.8 Å². The van der Waals surface area contributed by atoms with Gasteiger partial charge in [-0.1, -0.05) is 12.1 Å². The maximum Gasteiger partial charge on any atom is 0.387 e. The van der Waals surface area contributed by atoms with Crippen LogP contribution in [0.1, 0.15) is 30.7 Å². The number of carbonyl (C=O) groups excluding carboxylic acids is 1. The molecule has 0 atom stereocenters. The topological polar surface area (TPSA) is 69.0 Å². The van der Waals surface area contributed by atoms with Crippen molar-refractivity contribution in [2.45, 2.75) is 46.4 Å². The second-order valence-electron chi connectivity index (χ2n) is 6.89. The van der Waals surface area contributed by atoms with Gasteiger partial charge < -0.3 is 10.1 Å². The van der Waals surface area contributed by atoms with Gasteiger partial charge in [0, 0.05) is 23.8 Å². The Bertz CT molecular complexity index is 985. The molecule has 1 amide bonds. The van der Waals surface area contributed by atoms with Crippen molar-refractivity contribution in [3.63, 3.8) is 0 Å². The number of hydrogen-bond acceptors (Lipinski definition) is 4. The summed E-state index contributed by atoms with van der Waals surface area (Å²) < 4.78 is 31.0. The van der Waals surface area contributed by atoms with Crippen LogP contribution >= 0.6 is 0 Å². The van der Waals surface area contributed by atoms with Crippen molar-refractivity contribution in [2.24, 2.45) is 0 Å². The Hall–Kier alpha value is -3.03. The number of ether oxygens (including phenoxy) is 1. The first-order chi connectivity index (χ1) is 13.3. The minimum Gasteiger partial charge on any atom is -0.435 e. The van der Waals surface area contributed by atoms with Crippen LogP contribution in [0.2, 0.25) is 0 Å². The van der Waals surface area contributed by atoms with Crippen LogP contribution in [-0.4, -0.2) is 33.3 Å². The summed E-state index contributed by atoms with van der Waals surface area (Å²) in [6.07, 6.45) is 3.66. The molecule has 0 saturated heterocycles. The van der Waals surface area contributed by atoms with Crippen LogP contribution < -0.4 is 10.1 Å². The smallest absolute Gasteiger partial charge is 0.387 e. The number of nitrogens with zero attached hydrogens (tertiary/aromatic N) is 3. The number of carbonyl (C=O) groups is 1. The Morgan fingerprint density at radius 2 is 2.07 bits per heavy atom. The molecule has 2 aromatic heterocycles. The van der Waals surface area contributed by atoms with E-state index in [1.165, 1.54) is 6.07 Å². The van der Waals surface area contributed by atoms with Crippen molar-refractivity contribution < 1.29 is 18.3 Å². The molecule has 0 spiro atoms. The molecule has 1 N–H and O–H groups in total. The lowest BCUT2D eigenvalue weighted by Gasteiger charge is -2.09. The van der Waals surface area contributed by atoms with E-state index >= 15 is 0 Å². The summed E-state index contributed by atoms with van der Waals surface area (Å²) in [5, 5.41) is 8.20. The molecule has 0 fully saturated rings. The predicted molar refractivity (Wildman–Crippen MR) is 101 cm³/mol. The average Bonchev–Trinajstić information content (AvgIpc) is 3.00. The Morgan fingerprint density at radius 1 is 1.29 bits per heavy atom. The molecular formula is C20H22F2N4O2. The van der Waals surface area contributed by atoms with Crippen LogP contribution in [0.25, 0.3) is 10.9 Å². The minimum atomic E-state index is -2.85. The normalized spacial score (nSPS) is 11.4. The number of nitrogens with one attached hydrogen (secondary N) is 1. The number of pyridine rings is 1. The number of halogens is 2. The SMILES string of the molecule is Cc1cc(Cn2cc3c(CC(=O)NC(C)C)nccc3n2)ccc1OC(F)F. The molecule has 0 aliphatic carbocycles. The number of fused-ring (bicyclic) bond motifs is 1. The van der Waals surface area contributed by atoms with Crippen LogP contribution in [0.15, 0.2) is 36.7 Å². The van der Waals surface area contributed by atoms with Gasteiger partial charge in [-0.3, -0.25) is 14.5 Å². The zero-order valence-corrected chi connectivity index (χ0v) is 15.9. The Kier molecular flexibility index (Phi) is 5.87. The van der Waals surface area contributed by atoms with E-state index in [0.29, 0.717) is 17.8 Å². The van der Waals surface area contributed by atoms with Crippen molar-refractivity contribution in [3.8, 4) is 5.75 Å².